The molecule has 1 fully saturated rings. The SMILES string of the molecule is CC1(CNC(CC#N)c2ccccc2)CCCS1. The van der Waals surface area contributed by atoms with E-state index in [4.69, 9.17) is 5.26 Å². The van der Waals surface area contributed by atoms with Gasteiger partial charge >= 0.3 is 0 Å². The first-order valence-electron chi connectivity index (χ1n) is 6.53. The van der Waals surface area contributed by atoms with Crippen molar-refractivity contribution in [3.05, 3.63) is 35.9 Å². The minimum atomic E-state index is 0.161. The Hall–Kier alpha value is -0.980. The Bertz CT molecular complexity index is 404. The van der Waals surface area contributed by atoms with Crippen LogP contribution >= 0.6 is 11.8 Å². The van der Waals surface area contributed by atoms with Crippen molar-refractivity contribution in [2.75, 3.05) is 12.3 Å². The third-order valence-electron chi connectivity index (χ3n) is 3.52. The fraction of sp³-hybridized carbons (Fsp3) is 0.533. The quantitative estimate of drug-likeness (QED) is 0.880. The molecule has 1 heterocycles. The maximum atomic E-state index is 8.96. The smallest absolute Gasteiger partial charge is 0.0641 e. The number of thioether (sulfide) groups is 1. The van der Waals surface area contributed by atoms with Crippen LogP contribution in [-0.2, 0) is 0 Å². The highest BCUT2D eigenvalue weighted by Crippen LogP contribution is 2.37. The molecule has 0 bridgehead atoms. The van der Waals surface area contributed by atoms with Crippen molar-refractivity contribution in [1.82, 2.24) is 5.32 Å². The van der Waals surface area contributed by atoms with E-state index >= 15 is 0 Å². The summed E-state index contributed by atoms with van der Waals surface area (Å²) in [5.41, 5.74) is 1.21. The van der Waals surface area contributed by atoms with Gasteiger partial charge in [-0.2, -0.15) is 17.0 Å². The second kappa shape index (κ2) is 6.26. The van der Waals surface area contributed by atoms with Crippen molar-refractivity contribution in [3.8, 4) is 6.07 Å². The average molecular weight is 260 g/mol. The average Bonchev–Trinajstić information content (AvgIpc) is 2.83. The van der Waals surface area contributed by atoms with E-state index in [1.165, 1.54) is 24.2 Å². The van der Waals surface area contributed by atoms with Crippen LogP contribution < -0.4 is 5.32 Å². The molecule has 3 heteroatoms. The highest BCUT2D eigenvalue weighted by Gasteiger charge is 2.29. The number of nitriles is 1. The molecule has 0 saturated carbocycles. The molecule has 1 aromatic carbocycles. The van der Waals surface area contributed by atoms with Crippen LogP contribution in [0.5, 0.6) is 0 Å². The summed E-state index contributed by atoms with van der Waals surface area (Å²) in [6, 6.07) is 12.7. The summed E-state index contributed by atoms with van der Waals surface area (Å²) in [6.07, 6.45) is 3.13. The lowest BCUT2D eigenvalue weighted by Crippen LogP contribution is -2.35. The minimum Gasteiger partial charge on any atom is -0.308 e. The highest BCUT2D eigenvalue weighted by atomic mass is 32.2. The molecule has 0 spiro atoms. The van der Waals surface area contributed by atoms with Crippen LogP contribution in [0.25, 0.3) is 0 Å². The first-order chi connectivity index (χ1) is 8.73. The van der Waals surface area contributed by atoms with Crippen molar-refractivity contribution in [1.29, 1.82) is 5.26 Å². The molecule has 0 radical (unpaired) electrons. The van der Waals surface area contributed by atoms with E-state index in [2.05, 4.69) is 42.2 Å². The van der Waals surface area contributed by atoms with Crippen LogP contribution in [-0.4, -0.2) is 17.0 Å². The third-order valence-corrected chi connectivity index (χ3v) is 5.06. The first kappa shape index (κ1) is 13.5. The van der Waals surface area contributed by atoms with Crippen molar-refractivity contribution in [2.45, 2.75) is 37.0 Å². The van der Waals surface area contributed by atoms with Gasteiger partial charge in [0.15, 0.2) is 0 Å². The van der Waals surface area contributed by atoms with Crippen LogP contribution in [0, 0.1) is 11.3 Å². The van der Waals surface area contributed by atoms with Gasteiger partial charge in [-0.25, -0.2) is 0 Å². The summed E-state index contributed by atoms with van der Waals surface area (Å²) in [7, 11) is 0. The van der Waals surface area contributed by atoms with E-state index < -0.39 is 0 Å². The first-order valence-corrected chi connectivity index (χ1v) is 7.51. The molecule has 1 aliphatic heterocycles. The second-order valence-electron chi connectivity index (χ2n) is 5.11. The molecule has 1 saturated heterocycles. The maximum absolute atomic E-state index is 8.96. The molecule has 2 unspecified atom stereocenters. The number of nitrogens with one attached hydrogen (secondary N) is 1. The van der Waals surface area contributed by atoms with E-state index in [9.17, 15) is 0 Å². The van der Waals surface area contributed by atoms with Crippen molar-refractivity contribution in [2.24, 2.45) is 0 Å². The largest absolute Gasteiger partial charge is 0.308 e. The molecule has 2 nitrogen and oxygen atoms in total. The molecule has 1 N–H and O–H groups in total. The Labute approximate surface area is 114 Å². The lowest BCUT2D eigenvalue weighted by molar-refractivity contribution is 0.474. The standard InChI is InChI=1S/C15H20N2S/c1-15(9-5-11-18-15)12-17-14(8-10-16)13-6-3-2-4-7-13/h2-4,6-7,14,17H,5,8-9,11-12H2,1H3. The van der Waals surface area contributed by atoms with Gasteiger partial charge in [0.25, 0.3) is 0 Å². The van der Waals surface area contributed by atoms with Gasteiger partial charge in [0.1, 0.15) is 0 Å². The van der Waals surface area contributed by atoms with Crippen LogP contribution in [0.4, 0.5) is 0 Å². The molecule has 96 valence electrons. The summed E-state index contributed by atoms with van der Waals surface area (Å²) < 4.78 is 0.350. The van der Waals surface area contributed by atoms with Crippen LogP contribution in [0.1, 0.15) is 37.8 Å². The Morgan fingerprint density at radius 1 is 1.44 bits per heavy atom. The van der Waals surface area contributed by atoms with Crippen LogP contribution in [0.3, 0.4) is 0 Å². The summed E-state index contributed by atoms with van der Waals surface area (Å²) in [4.78, 5) is 0. The van der Waals surface area contributed by atoms with Crippen molar-refractivity contribution < 1.29 is 0 Å². The Morgan fingerprint density at radius 3 is 2.83 bits per heavy atom. The molecule has 0 aromatic heterocycles. The molecule has 0 aliphatic carbocycles. The predicted octanol–water partition coefficient (Wildman–Crippen LogP) is 3.52. The van der Waals surface area contributed by atoms with Crippen LogP contribution in [0.15, 0.2) is 30.3 Å². The summed E-state index contributed by atoms with van der Waals surface area (Å²) in [5.74, 6) is 1.27. The van der Waals surface area contributed by atoms with Gasteiger partial charge in [-0.1, -0.05) is 30.3 Å². The fourth-order valence-electron chi connectivity index (χ4n) is 2.40. The van der Waals surface area contributed by atoms with Gasteiger partial charge in [-0.3, -0.25) is 0 Å². The topological polar surface area (TPSA) is 35.8 Å². The summed E-state index contributed by atoms with van der Waals surface area (Å²) in [5, 5.41) is 12.5. The minimum absolute atomic E-state index is 0.161. The number of rotatable bonds is 5. The third kappa shape index (κ3) is 3.51. The Morgan fingerprint density at radius 2 is 2.22 bits per heavy atom. The number of hydrogen-bond donors (Lipinski definition) is 1. The lowest BCUT2D eigenvalue weighted by atomic mass is 10.0. The van der Waals surface area contributed by atoms with E-state index in [0.29, 0.717) is 11.2 Å². The zero-order chi connectivity index (χ0) is 12.8. The molecular formula is C15H20N2S. The monoisotopic (exact) mass is 260 g/mol. The Balaban J connectivity index is 1.97. The fourth-order valence-corrected chi connectivity index (χ4v) is 3.66. The van der Waals surface area contributed by atoms with Gasteiger partial charge in [-0.05, 0) is 31.1 Å². The van der Waals surface area contributed by atoms with E-state index in [1.54, 1.807) is 0 Å². The van der Waals surface area contributed by atoms with Gasteiger partial charge in [0.05, 0.1) is 12.5 Å². The molecular weight excluding hydrogens is 240 g/mol. The summed E-state index contributed by atoms with van der Waals surface area (Å²) in [6.45, 7) is 3.31. The zero-order valence-electron chi connectivity index (χ0n) is 10.9. The molecule has 2 atom stereocenters. The molecule has 1 aromatic rings. The van der Waals surface area contributed by atoms with Crippen molar-refractivity contribution in [3.63, 3.8) is 0 Å². The highest BCUT2D eigenvalue weighted by molar-refractivity contribution is 8.00. The predicted molar refractivity (Wildman–Crippen MR) is 77.5 cm³/mol. The number of hydrogen-bond acceptors (Lipinski definition) is 3. The second-order valence-corrected chi connectivity index (χ2v) is 6.79. The molecule has 1 aliphatic rings. The number of nitrogens with zero attached hydrogens (tertiary/aromatic N) is 1. The van der Waals surface area contributed by atoms with Crippen molar-refractivity contribution >= 4 is 11.8 Å². The van der Waals surface area contributed by atoms with E-state index in [0.717, 1.165) is 6.54 Å². The van der Waals surface area contributed by atoms with Gasteiger partial charge in [0.2, 0.25) is 0 Å². The maximum Gasteiger partial charge on any atom is 0.0641 e. The number of benzene rings is 1. The Kier molecular flexibility index (Phi) is 4.68. The van der Waals surface area contributed by atoms with E-state index in [1.807, 2.05) is 18.2 Å². The molecule has 2 rings (SSSR count). The van der Waals surface area contributed by atoms with Gasteiger partial charge in [0, 0.05) is 17.3 Å². The van der Waals surface area contributed by atoms with Crippen LogP contribution in [0.2, 0.25) is 0 Å². The molecule has 0 amide bonds. The van der Waals surface area contributed by atoms with Gasteiger partial charge < -0.3 is 5.32 Å². The molecule has 18 heavy (non-hydrogen) atoms. The normalized spacial score (nSPS) is 24.7. The van der Waals surface area contributed by atoms with Gasteiger partial charge in [-0.15, -0.1) is 0 Å². The lowest BCUT2D eigenvalue weighted by Gasteiger charge is -2.26. The van der Waals surface area contributed by atoms with E-state index in [-0.39, 0.29) is 6.04 Å². The summed E-state index contributed by atoms with van der Waals surface area (Å²) >= 11 is 2.05. The zero-order valence-corrected chi connectivity index (χ0v) is 11.7.